The lowest BCUT2D eigenvalue weighted by atomic mass is 10.1. The predicted molar refractivity (Wildman–Crippen MR) is 74.2 cm³/mol. The molecule has 0 spiro atoms. The summed E-state index contributed by atoms with van der Waals surface area (Å²) in [6.45, 7) is 1.81. The second kappa shape index (κ2) is 5.76. The summed E-state index contributed by atoms with van der Waals surface area (Å²) in [4.78, 5) is 2.14. The number of ether oxygens (including phenoxy) is 1. The smallest absolute Gasteiger partial charge is 0.164 e. The first-order chi connectivity index (χ1) is 8.61. The Kier molecular flexibility index (Phi) is 4.30. The van der Waals surface area contributed by atoms with E-state index in [1.54, 1.807) is 13.3 Å². The van der Waals surface area contributed by atoms with Gasteiger partial charge in [0.2, 0.25) is 0 Å². The lowest BCUT2D eigenvalue weighted by Gasteiger charge is -2.13. The van der Waals surface area contributed by atoms with Gasteiger partial charge in [0.05, 0.1) is 25.2 Å². The zero-order chi connectivity index (χ0) is 13.1. The van der Waals surface area contributed by atoms with Gasteiger partial charge in [-0.25, -0.2) is 0 Å². The van der Waals surface area contributed by atoms with Crippen molar-refractivity contribution in [1.82, 2.24) is 14.7 Å². The molecule has 1 aromatic rings. The zero-order valence-corrected chi connectivity index (χ0v) is 11.9. The zero-order valence-electron chi connectivity index (χ0n) is 11.2. The van der Waals surface area contributed by atoms with Crippen molar-refractivity contribution in [2.75, 3.05) is 27.7 Å². The summed E-state index contributed by atoms with van der Waals surface area (Å²) >= 11 is 6.14. The van der Waals surface area contributed by atoms with E-state index in [2.05, 4.69) is 30.2 Å². The van der Waals surface area contributed by atoms with Crippen LogP contribution in [0.1, 0.15) is 18.5 Å². The molecule has 0 saturated carbocycles. The first-order valence-electron chi connectivity index (χ1n) is 6.21. The SMILES string of the molecule is COc1cnn(CCN(C)C)c1C1=CC(Cl)CC1. The average molecular weight is 270 g/mol. The van der Waals surface area contributed by atoms with Crippen molar-refractivity contribution in [1.29, 1.82) is 0 Å². The third-order valence-corrected chi connectivity index (χ3v) is 3.50. The Hall–Kier alpha value is -1.00. The van der Waals surface area contributed by atoms with E-state index < -0.39 is 0 Å². The number of methoxy groups -OCH3 is 1. The fourth-order valence-electron chi connectivity index (χ4n) is 2.18. The standard InChI is InChI=1S/C13H20ClN3O/c1-16(2)6-7-17-13(12(18-3)9-15-17)10-4-5-11(14)8-10/h8-9,11H,4-7H2,1-3H3. The van der Waals surface area contributed by atoms with Crippen LogP contribution in [0.2, 0.25) is 0 Å². The molecule has 4 nitrogen and oxygen atoms in total. The van der Waals surface area contributed by atoms with Crippen molar-refractivity contribution in [2.45, 2.75) is 24.8 Å². The molecular weight excluding hydrogens is 250 g/mol. The van der Waals surface area contributed by atoms with Crippen molar-refractivity contribution in [3.63, 3.8) is 0 Å². The summed E-state index contributed by atoms with van der Waals surface area (Å²) in [5.41, 5.74) is 2.34. The van der Waals surface area contributed by atoms with Gasteiger partial charge in [0.25, 0.3) is 0 Å². The summed E-state index contributed by atoms with van der Waals surface area (Å²) in [7, 11) is 5.80. The molecule has 1 heterocycles. The first-order valence-corrected chi connectivity index (χ1v) is 6.65. The van der Waals surface area contributed by atoms with Gasteiger partial charge in [-0.2, -0.15) is 5.10 Å². The van der Waals surface area contributed by atoms with E-state index in [4.69, 9.17) is 16.3 Å². The molecule has 2 rings (SSSR count). The van der Waals surface area contributed by atoms with Gasteiger partial charge in [-0.15, -0.1) is 11.6 Å². The molecule has 0 amide bonds. The molecule has 18 heavy (non-hydrogen) atoms. The predicted octanol–water partition coefficient (Wildman–Crippen LogP) is 2.24. The molecule has 1 aliphatic carbocycles. The highest BCUT2D eigenvalue weighted by Gasteiger charge is 2.21. The van der Waals surface area contributed by atoms with Gasteiger partial charge in [-0.05, 0) is 32.5 Å². The van der Waals surface area contributed by atoms with E-state index in [-0.39, 0.29) is 5.38 Å². The molecule has 0 radical (unpaired) electrons. The molecule has 1 aliphatic rings. The first kappa shape index (κ1) is 13.4. The van der Waals surface area contributed by atoms with Gasteiger partial charge in [-0.1, -0.05) is 6.08 Å². The number of hydrogen-bond donors (Lipinski definition) is 0. The Morgan fingerprint density at radius 3 is 2.89 bits per heavy atom. The normalized spacial score (nSPS) is 19.4. The lowest BCUT2D eigenvalue weighted by Crippen LogP contribution is -2.20. The summed E-state index contributed by atoms with van der Waals surface area (Å²) in [6.07, 6.45) is 5.90. The van der Waals surface area contributed by atoms with E-state index in [1.807, 2.05) is 4.68 Å². The van der Waals surface area contributed by atoms with Crippen LogP contribution in [0, 0.1) is 0 Å². The van der Waals surface area contributed by atoms with Crippen molar-refractivity contribution in [3.05, 3.63) is 18.0 Å². The van der Waals surface area contributed by atoms with Crippen molar-refractivity contribution >= 4 is 17.2 Å². The molecule has 0 bridgehead atoms. The Bertz CT molecular complexity index is 439. The maximum atomic E-state index is 6.14. The van der Waals surface area contributed by atoms with Crippen LogP contribution in [-0.4, -0.2) is 47.8 Å². The van der Waals surface area contributed by atoms with Crippen LogP contribution < -0.4 is 4.74 Å². The minimum Gasteiger partial charge on any atom is -0.493 e. The lowest BCUT2D eigenvalue weighted by molar-refractivity contribution is 0.370. The molecule has 1 atom stereocenters. The van der Waals surface area contributed by atoms with Crippen LogP contribution in [0.3, 0.4) is 0 Å². The monoisotopic (exact) mass is 269 g/mol. The molecule has 0 N–H and O–H groups in total. The maximum absolute atomic E-state index is 6.14. The number of likely N-dealkylation sites (N-methyl/N-ethyl adjacent to an activating group) is 1. The van der Waals surface area contributed by atoms with Crippen LogP contribution >= 0.6 is 11.6 Å². The van der Waals surface area contributed by atoms with Crippen molar-refractivity contribution in [2.24, 2.45) is 0 Å². The third kappa shape index (κ3) is 2.87. The minimum absolute atomic E-state index is 0.141. The number of hydrogen-bond acceptors (Lipinski definition) is 3. The number of halogens is 1. The molecule has 0 aliphatic heterocycles. The number of allylic oxidation sites excluding steroid dienone is 2. The van der Waals surface area contributed by atoms with Gasteiger partial charge in [-0.3, -0.25) is 4.68 Å². The quantitative estimate of drug-likeness (QED) is 0.768. The molecule has 100 valence electrons. The van der Waals surface area contributed by atoms with E-state index in [0.29, 0.717) is 0 Å². The van der Waals surface area contributed by atoms with Crippen molar-refractivity contribution < 1.29 is 4.74 Å². The summed E-state index contributed by atoms with van der Waals surface area (Å²) in [5.74, 6) is 0.839. The average Bonchev–Trinajstić information content (AvgIpc) is 2.91. The molecule has 1 unspecified atom stereocenters. The van der Waals surface area contributed by atoms with Crippen LogP contribution in [-0.2, 0) is 6.54 Å². The number of aromatic nitrogens is 2. The molecule has 5 heteroatoms. The van der Waals surface area contributed by atoms with Crippen LogP contribution in [0.15, 0.2) is 12.3 Å². The highest BCUT2D eigenvalue weighted by molar-refractivity contribution is 6.22. The molecule has 0 saturated heterocycles. The van der Waals surface area contributed by atoms with Crippen LogP contribution in [0.4, 0.5) is 0 Å². The van der Waals surface area contributed by atoms with Gasteiger partial charge >= 0.3 is 0 Å². The van der Waals surface area contributed by atoms with E-state index >= 15 is 0 Å². The van der Waals surface area contributed by atoms with Crippen molar-refractivity contribution in [3.8, 4) is 5.75 Å². The fourth-order valence-corrected chi connectivity index (χ4v) is 2.44. The fraction of sp³-hybridized carbons (Fsp3) is 0.615. The number of nitrogens with zero attached hydrogens (tertiary/aromatic N) is 3. The van der Waals surface area contributed by atoms with E-state index in [0.717, 1.165) is 37.4 Å². The van der Waals surface area contributed by atoms with Gasteiger partial charge < -0.3 is 9.64 Å². The summed E-state index contributed by atoms with van der Waals surface area (Å²) < 4.78 is 7.41. The van der Waals surface area contributed by atoms with Gasteiger partial charge in [0, 0.05) is 6.54 Å². The second-order valence-electron chi connectivity index (χ2n) is 4.83. The largest absolute Gasteiger partial charge is 0.493 e. The molecule has 1 aromatic heterocycles. The third-order valence-electron chi connectivity index (χ3n) is 3.16. The Labute approximate surface area is 113 Å². The Morgan fingerprint density at radius 2 is 2.33 bits per heavy atom. The van der Waals surface area contributed by atoms with Crippen LogP contribution in [0.25, 0.3) is 5.57 Å². The van der Waals surface area contributed by atoms with E-state index in [1.165, 1.54) is 5.57 Å². The molecular formula is C13H20ClN3O. The number of alkyl halides is 1. The maximum Gasteiger partial charge on any atom is 0.164 e. The minimum atomic E-state index is 0.141. The van der Waals surface area contributed by atoms with Gasteiger partial charge in [0.1, 0.15) is 5.69 Å². The van der Waals surface area contributed by atoms with Crippen LogP contribution in [0.5, 0.6) is 5.75 Å². The topological polar surface area (TPSA) is 30.3 Å². The number of rotatable bonds is 5. The Morgan fingerprint density at radius 1 is 1.56 bits per heavy atom. The summed E-state index contributed by atoms with van der Waals surface area (Å²) in [5, 5.41) is 4.55. The molecule has 0 fully saturated rings. The second-order valence-corrected chi connectivity index (χ2v) is 5.40. The Balaban J connectivity index is 2.25. The van der Waals surface area contributed by atoms with Gasteiger partial charge in [0.15, 0.2) is 5.75 Å². The van der Waals surface area contributed by atoms with E-state index in [9.17, 15) is 0 Å². The summed E-state index contributed by atoms with van der Waals surface area (Å²) in [6, 6.07) is 0. The molecule has 0 aromatic carbocycles. The highest BCUT2D eigenvalue weighted by atomic mass is 35.5. The highest BCUT2D eigenvalue weighted by Crippen LogP contribution is 2.35.